The number of thiophene rings is 1. The number of amides is 1. The smallest absolute Gasteiger partial charge is 0.229 e. The van der Waals surface area contributed by atoms with Gasteiger partial charge in [-0.3, -0.25) is 9.52 Å². The fraction of sp³-hybridized carbons (Fsp3) is 0.421. The van der Waals surface area contributed by atoms with Gasteiger partial charge in [-0.25, -0.2) is 8.42 Å². The van der Waals surface area contributed by atoms with Crippen LogP contribution in [0.15, 0.2) is 35.7 Å². The Morgan fingerprint density at radius 1 is 1.41 bits per heavy atom. The maximum absolute atomic E-state index is 12.7. The number of anilines is 1. The molecule has 1 aliphatic heterocycles. The first-order valence-electron chi connectivity index (χ1n) is 8.78. The molecule has 3 unspecified atom stereocenters. The van der Waals surface area contributed by atoms with E-state index < -0.39 is 10.0 Å². The summed E-state index contributed by atoms with van der Waals surface area (Å²) in [6, 6.07) is 9.42. The molecular weight excluding hydrogens is 404 g/mol. The average molecular weight is 425 g/mol. The highest BCUT2D eigenvalue weighted by Crippen LogP contribution is 2.64. The van der Waals surface area contributed by atoms with E-state index in [1.807, 2.05) is 34.5 Å². The Kier molecular flexibility index (Phi) is 4.52. The van der Waals surface area contributed by atoms with Crippen molar-refractivity contribution in [1.82, 2.24) is 4.90 Å². The summed E-state index contributed by atoms with van der Waals surface area (Å²) < 4.78 is 26.3. The molecule has 0 bridgehead atoms. The molecule has 5 nitrogen and oxygen atoms in total. The van der Waals surface area contributed by atoms with Crippen LogP contribution in [-0.4, -0.2) is 38.6 Å². The minimum Gasteiger partial charge on any atom is -0.341 e. The number of carbonyl (C=O) groups excluding carboxylic acids is 1. The van der Waals surface area contributed by atoms with Gasteiger partial charge in [0.05, 0.1) is 17.0 Å². The first-order chi connectivity index (χ1) is 12.7. The van der Waals surface area contributed by atoms with Gasteiger partial charge in [-0.05, 0) is 46.5 Å². The Labute approximate surface area is 168 Å². The number of fused-ring (bicyclic) bond motifs is 1. The molecule has 1 aromatic carbocycles. The average Bonchev–Trinajstić information content (AvgIpc) is 2.95. The third kappa shape index (κ3) is 3.48. The standard InChI is InChI=1S/C19H21ClN2O3S2/c1-12-16-9-22(18(23)7-13-6-17(20)26-10-13)11-19(12,16)14-4-3-5-15(8-14)21-27(2,24)25/h3-6,8,10,12,16,21H,7,9,11H2,1-2H3. The van der Waals surface area contributed by atoms with Crippen LogP contribution < -0.4 is 4.72 Å². The molecule has 1 saturated heterocycles. The van der Waals surface area contributed by atoms with Crippen LogP contribution in [0.25, 0.3) is 0 Å². The number of carbonyl (C=O) groups is 1. The molecule has 2 fully saturated rings. The van der Waals surface area contributed by atoms with E-state index in [1.54, 1.807) is 6.07 Å². The molecule has 1 aliphatic carbocycles. The van der Waals surface area contributed by atoms with E-state index >= 15 is 0 Å². The van der Waals surface area contributed by atoms with E-state index in [2.05, 4.69) is 11.6 Å². The van der Waals surface area contributed by atoms with Gasteiger partial charge in [0.2, 0.25) is 15.9 Å². The number of hydrogen-bond donors (Lipinski definition) is 1. The summed E-state index contributed by atoms with van der Waals surface area (Å²) in [5.74, 6) is 1.01. The highest BCUT2D eigenvalue weighted by molar-refractivity contribution is 7.92. The first-order valence-corrected chi connectivity index (χ1v) is 11.9. The topological polar surface area (TPSA) is 66.5 Å². The zero-order chi connectivity index (χ0) is 19.4. The van der Waals surface area contributed by atoms with Crippen molar-refractivity contribution in [2.24, 2.45) is 11.8 Å². The number of benzene rings is 1. The number of halogens is 1. The van der Waals surface area contributed by atoms with Crippen molar-refractivity contribution >= 4 is 44.6 Å². The molecule has 0 radical (unpaired) electrons. The third-order valence-electron chi connectivity index (χ3n) is 5.87. The van der Waals surface area contributed by atoms with Gasteiger partial charge in [0.1, 0.15) is 0 Å². The van der Waals surface area contributed by atoms with Crippen LogP contribution in [0.2, 0.25) is 4.34 Å². The fourth-order valence-electron chi connectivity index (χ4n) is 4.50. The lowest BCUT2D eigenvalue weighted by Gasteiger charge is -2.23. The van der Waals surface area contributed by atoms with Crippen LogP contribution in [0.1, 0.15) is 18.1 Å². The zero-order valence-electron chi connectivity index (χ0n) is 15.1. The van der Waals surface area contributed by atoms with Crippen LogP contribution in [0.4, 0.5) is 5.69 Å². The molecule has 2 aliphatic rings. The summed E-state index contributed by atoms with van der Waals surface area (Å²) in [6.07, 6.45) is 1.52. The second-order valence-corrected chi connectivity index (χ2v) is 10.9. The predicted molar refractivity (Wildman–Crippen MR) is 109 cm³/mol. The molecule has 27 heavy (non-hydrogen) atoms. The van der Waals surface area contributed by atoms with E-state index in [4.69, 9.17) is 11.6 Å². The van der Waals surface area contributed by atoms with Gasteiger partial charge in [-0.15, -0.1) is 11.3 Å². The summed E-state index contributed by atoms with van der Waals surface area (Å²) in [6.45, 7) is 3.64. The van der Waals surface area contributed by atoms with Crippen molar-refractivity contribution in [2.75, 3.05) is 24.1 Å². The summed E-state index contributed by atoms with van der Waals surface area (Å²) >= 11 is 7.40. The second kappa shape index (κ2) is 6.50. The number of nitrogens with one attached hydrogen (secondary N) is 1. The Bertz CT molecular complexity index is 1000. The van der Waals surface area contributed by atoms with Gasteiger partial charge in [-0.2, -0.15) is 0 Å². The molecule has 2 heterocycles. The van der Waals surface area contributed by atoms with Gasteiger partial charge < -0.3 is 4.90 Å². The summed E-state index contributed by atoms with van der Waals surface area (Å²) in [4.78, 5) is 14.7. The number of hydrogen-bond acceptors (Lipinski definition) is 4. The predicted octanol–water partition coefficient (Wildman–Crippen LogP) is 3.36. The molecular formula is C19H21ClN2O3S2. The van der Waals surface area contributed by atoms with Gasteiger partial charge in [-0.1, -0.05) is 30.7 Å². The molecule has 3 atom stereocenters. The van der Waals surface area contributed by atoms with Crippen molar-refractivity contribution in [3.05, 3.63) is 51.2 Å². The lowest BCUT2D eigenvalue weighted by Crippen LogP contribution is -2.35. The lowest BCUT2D eigenvalue weighted by molar-refractivity contribution is -0.130. The molecule has 2 aromatic rings. The number of likely N-dealkylation sites (tertiary alicyclic amines) is 1. The molecule has 4 rings (SSSR count). The molecule has 1 N–H and O–H groups in total. The lowest BCUT2D eigenvalue weighted by atomic mass is 9.92. The maximum atomic E-state index is 12.7. The van der Waals surface area contributed by atoms with Crippen molar-refractivity contribution in [2.45, 2.75) is 18.8 Å². The van der Waals surface area contributed by atoms with Crippen molar-refractivity contribution < 1.29 is 13.2 Å². The van der Waals surface area contributed by atoms with Crippen LogP contribution in [0, 0.1) is 11.8 Å². The van der Waals surface area contributed by atoms with Crippen molar-refractivity contribution in [1.29, 1.82) is 0 Å². The fourth-order valence-corrected chi connectivity index (χ4v) is 5.96. The molecule has 8 heteroatoms. The largest absolute Gasteiger partial charge is 0.341 e. The van der Waals surface area contributed by atoms with Crippen LogP contribution >= 0.6 is 22.9 Å². The number of rotatable bonds is 5. The van der Waals surface area contributed by atoms with Crippen LogP contribution in [0.3, 0.4) is 0 Å². The molecule has 1 saturated carbocycles. The Balaban J connectivity index is 1.52. The zero-order valence-corrected chi connectivity index (χ0v) is 17.5. The number of nitrogens with zero attached hydrogens (tertiary/aromatic N) is 1. The number of piperidine rings is 1. The summed E-state index contributed by atoms with van der Waals surface area (Å²) in [5, 5.41) is 1.93. The Hall–Kier alpha value is -1.57. The highest BCUT2D eigenvalue weighted by Gasteiger charge is 2.67. The quantitative estimate of drug-likeness (QED) is 0.800. The Morgan fingerprint density at radius 2 is 2.19 bits per heavy atom. The minimum absolute atomic E-state index is 0.0723. The SMILES string of the molecule is CC1C2CN(C(=O)Cc3csc(Cl)c3)CC12c1cccc(NS(C)(=O)=O)c1. The molecule has 1 aromatic heterocycles. The molecule has 1 amide bonds. The Morgan fingerprint density at radius 3 is 2.85 bits per heavy atom. The second-order valence-electron chi connectivity index (χ2n) is 7.60. The molecule has 0 spiro atoms. The van der Waals surface area contributed by atoms with E-state index in [1.165, 1.54) is 11.3 Å². The van der Waals surface area contributed by atoms with Gasteiger partial charge >= 0.3 is 0 Å². The normalized spacial score (nSPS) is 26.7. The number of sulfonamides is 1. The van der Waals surface area contributed by atoms with Gasteiger partial charge in [0.25, 0.3) is 0 Å². The minimum atomic E-state index is -3.32. The molecule has 144 valence electrons. The van der Waals surface area contributed by atoms with E-state index in [9.17, 15) is 13.2 Å². The highest BCUT2D eigenvalue weighted by atomic mass is 35.5. The first kappa shape index (κ1) is 18.8. The van der Waals surface area contributed by atoms with Gasteiger partial charge in [0, 0.05) is 24.2 Å². The van der Waals surface area contributed by atoms with E-state index in [0.29, 0.717) is 34.8 Å². The van der Waals surface area contributed by atoms with E-state index in [-0.39, 0.29) is 11.3 Å². The van der Waals surface area contributed by atoms with Crippen molar-refractivity contribution in [3.8, 4) is 0 Å². The summed E-state index contributed by atoms with van der Waals surface area (Å²) in [5.41, 5.74) is 2.55. The maximum Gasteiger partial charge on any atom is 0.229 e. The van der Waals surface area contributed by atoms with Gasteiger partial charge in [0.15, 0.2) is 0 Å². The van der Waals surface area contributed by atoms with E-state index in [0.717, 1.165) is 23.9 Å². The summed E-state index contributed by atoms with van der Waals surface area (Å²) in [7, 11) is -3.32. The van der Waals surface area contributed by atoms with Crippen LogP contribution in [0.5, 0.6) is 0 Å². The third-order valence-corrected chi connectivity index (χ3v) is 7.62. The van der Waals surface area contributed by atoms with Crippen LogP contribution in [-0.2, 0) is 26.7 Å². The van der Waals surface area contributed by atoms with Crippen molar-refractivity contribution in [3.63, 3.8) is 0 Å². The monoisotopic (exact) mass is 424 g/mol.